The lowest BCUT2D eigenvalue weighted by Gasteiger charge is -2.09. The van der Waals surface area contributed by atoms with Gasteiger partial charge in [0.1, 0.15) is 5.82 Å². The fraction of sp³-hybridized carbons (Fsp3) is 0.188. The second-order valence-electron chi connectivity index (χ2n) is 4.85. The van der Waals surface area contributed by atoms with Crippen LogP contribution in [0.15, 0.2) is 48.9 Å². The Morgan fingerprint density at radius 3 is 2.90 bits per heavy atom. The third kappa shape index (κ3) is 2.42. The number of nitrogens with two attached hydrogens (primary N) is 1. The van der Waals surface area contributed by atoms with Crippen LogP contribution in [0.2, 0.25) is 0 Å². The maximum absolute atomic E-state index is 13.2. The molecule has 0 aliphatic rings. The van der Waals surface area contributed by atoms with E-state index >= 15 is 0 Å². The number of benzene rings is 1. The zero-order chi connectivity index (χ0) is 13.9. The second kappa shape index (κ2) is 5.43. The van der Waals surface area contributed by atoms with E-state index < -0.39 is 0 Å². The second-order valence-corrected chi connectivity index (χ2v) is 4.85. The Hall–Kier alpha value is -2.20. The van der Waals surface area contributed by atoms with E-state index in [9.17, 15) is 4.39 Å². The summed E-state index contributed by atoms with van der Waals surface area (Å²) in [5.41, 5.74) is 8.92. The van der Waals surface area contributed by atoms with Crippen molar-refractivity contribution in [1.82, 2.24) is 9.55 Å². The van der Waals surface area contributed by atoms with Gasteiger partial charge < -0.3 is 10.3 Å². The third-order valence-corrected chi connectivity index (χ3v) is 3.40. The fourth-order valence-corrected chi connectivity index (χ4v) is 2.57. The SMILES string of the molecule is NCCc1cccc2ccn(Cc3cncc(F)c3)c12. The number of aromatic nitrogens is 2. The molecule has 0 spiro atoms. The lowest BCUT2D eigenvalue weighted by atomic mass is 10.1. The molecule has 4 heteroatoms. The Bertz CT molecular complexity index is 733. The van der Waals surface area contributed by atoms with Crippen LogP contribution in [0.5, 0.6) is 0 Å². The highest BCUT2D eigenvalue weighted by Crippen LogP contribution is 2.21. The van der Waals surface area contributed by atoms with Crippen molar-refractivity contribution in [2.45, 2.75) is 13.0 Å². The largest absolute Gasteiger partial charge is 0.343 e. The Morgan fingerprint density at radius 2 is 2.10 bits per heavy atom. The van der Waals surface area contributed by atoms with Gasteiger partial charge in [-0.3, -0.25) is 4.98 Å². The molecule has 2 heterocycles. The van der Waals surface area contributed by atoms with Gasteiger partial charge in [0, 0.05) is 18.9 Å². The van der Waals surface area contributed by atoms with Gasteiger partial charge in [-0.05, 0) is 41.6 Å². The van der Waals surface area contributed by atoms with Crippen LogP contribution in [-0.4, -0.2) is 16.1 Å². The summed E-state index contributed by atoms with van der Waals surface area (Å²) in [5.74, 6) is -0.304. The van der Waals surface area contributed by atoms with Gasteiger partial charge >= 0.3 is 0 Å². The molecule has 20 heavy (non-hydrogen) atoms. The Morgan fingerprint density at radius 1 is 1.20 bits per heavy atom. The minimum Gasteiger partial charge on any atom is -0.343 e. The molecule has 0 fully saturated rings. The summed E-state index contributed by atoms with van der Waals surface area (Å²) in [7, 11) is 0. The number of para-hydroxylation sites is 1. The van der Waals surface area contributed by atoms with Gasteiger partial charge in [0.05, 0.1) is 11.7 Å². The summed E-state index contributed by atoms with van der Waals surface area (Å²) in [5, 5.41) is 1.18. The fourth-order valence-electron chi connectivity index (χ4n) is 2.57. The summed E-state index contributed by atoms with van der Waals surface area (Å²) in [6, 6.07) is 9.80. The molecule has 0 radical (unpaired) electrons. The lowest BCUT2D eigenvalue weighted by Crippen LogP contribution is -2.06. The zero-order valence-corrected chi connectivity index (χ0v) is 11.1. The van der Waals surface area contributed by atoms with Crippen molar-refractivity contribution in [3.05, 3.63) is 65.9 Å². The Kier molecular flexibility index (Phi) is 3.48. The first-order valence-corrected chi connectivity index (χ1v) is 6.64. The first-order valence-electron chi connectivity index (χ1n) is 6.64. The summed E-state index contributed by atoms with van der Waals surface area (Å²) < 4.78 is 15.3. The van der Waals surface area contributed by atoms with Gasteiger partial charge in [-0.15, -0.1) is 0 Å². The molecule has 0 aliphatic carbocycles. The van der Waals surface area contributed by atoms with E-state index in [1.54, 1.807) is 6.20 Å². The first kappa shape index (κ1) is 12.8. The van der Waals surface area contributed by atoms with Crippen LogP contribution < -0.4 is 5.73 Å². The number of halogens is 1. The predicted molar refractivity (Wildman–Crippen MR) is 78.0 cm³/mol. The molecule has 0 aliphatic heterocycles. The monoisotopic (exact) mass is 269 g/mol. The van der Waals surface area contributed by atoms with E-state index in [-0.39, 0.29) is 5.82 Å². The Balaban J connectivity index is 2.03. The van der Waals surface area contributed by atoms with Gasteiger partial charge in [-0.1, -0.05) is 18.2 Å². The maximum atomic E-state index is 13.2. The number of hydrogen-bond acceptors (Lipinski definition) is 2. The normalized spacial score (nSPS) is 11.1. The molecule has 2 aromatic heterocycles. The smallest absolute Gasteiger partial charge is 0.141 e. The number of hydrogen-bond donors (Lipinski definition) is 1. The summed E-state index contributed by atoms with van der Waals surface area (Å²) in [4.78, 5) is 3.90. The third-order valence-electron chi connectivity index (χ3n) is 3.40. The minimum atomic E-state index is -0.304. The Labute approximate surface area is 116 Å². The molecular weight excluding hydrogens is 253 g/mol. The highest BCUT2D eigenvalue weighted by molar-refractivity contribution is 5.83. The van der Waals surface area contributed by atoms with Crippen molar-refractivity contribution in [3.8, 4) is 0 Å². The predicted octanol–water partition coefficient (Wildman–Crippen LogP) is 2.72. The number of fused-ring (bicyclic) bond motifs is 1. The summed E-state index contributed by atoms with van der Waals surface area (Å²) in [6.07, 6.45) is 5.77. The molecule has 0 amide bonds. The standard InChI is InChI=1S/C16H16FN3/c17-15-8-12(9-19-10-15)11-20-7-5-14-3-1-2-13(4-6-18)16(14)20/h1-3,5,7-10H,4,6,11,18H2. The van der Waals surface area contributed by atoms with Crippen LogP contribution >= 0.6 is 0 Å². The van der Waals surface area contributed by atoms with E-state index in [1.165, 1.54) is 28.7 Å². The van der Waals surface area contributed by atoms with Crippen molar-refractivity contribution >= 4 is 10.9 Å². The molecule has 0 unspecified atom stereocenters. The van der Waals surface area contributed by atoms with Gasteiger partial charge in [-0.2, -0.15) is 0 Å². The number of rotatable bonds is 4. The van der Waals surface area contributed by atoms with Crippen molar-refractivity contribution in [2.75, 3.05) is 6.54 Å². The van der Waals surface area contributed by atoms with Crippen LogP contribution in [0.3, 0.4) is 0 Å². The summed E-state index contributed by atoms with van der Waals surface area (Å²) >= 11 is 0. The van der Waals surface area contributed by atoms with Crippen molar-refractivity contribution in [2.24, 2.45) is 5.73 Å². The molecule has 3 aromatic rings. The highest BCUT2D eigenvalue weighted by atomic mass is 19.1. The lowest BCUT2D eigenvalue weighted by molar-refractivity contribution is 0.616. The average molecular weight is 269 g/mol. The zero-order valence-electron chi connectivity index (χ0n) is 11.1. The first-order chi connectivity index (χ1) is 9.78. The summed E-state index contributed by atoms with van der Waals surface area (Å²) in [6.45, 7) is 1.22. The molecule has 102 valence electrons. The molecule has 3 nitrogen and oxygen atoms in total. The molecule has 1 aromatic carbocycles. The molecular formula is C16H16FN3. The minimum absolute atomic E-state index is 0.304. The van der Waals surface area contributed by atoms with Crippen LogP contribution in [0.1, 0.15) is 11.1 Å². The maximum Gasteiger partial charge on any atom is 0.141 e. The van der Waals surface area contributed by atoms with E-state index in [0.717, 1.165) is 12.0 Å². The molecule has 0 bridgehead atoms. The topological polar surface area (TPSA) is 43.8 Å². The quantitative estimate of drug-likeness (QED) is 0.791. The van der Waals surface area contributed by atoms with Gasteiger partial charge in [0.15, 0.2) is 0 Å². The van der Waals surface area contributed by atoms with Gasteiger partial charge in [0.2, 0.25) is 0 Å². The van der Waals surface area contributed by atoms with Crippen LogP contribution in [0.25, 0.3) is 10.9 Å². The molecule has 0 saturated carbocycles. The molecule has 0 atom stereocenters. The molecule has 3 rings (SSSR count). The number of pyridine rings is 1. The van der Waals surface area contributed by atoms with Crippen molar-refractivity contribution in [1.29, 1.82) is 0 Å². The van der Waals surface area contributed by atoms with Crippen LogP contribution in [-0.2, 0) is 13.0 Å². The van der Waals surface area contributed by atoms with E-state index in [2.05, 4.69) is 27.8 Å². The van der Waals surface area contributed by atoms with Crippen LogP contribution in [0, 0.1) is 5.82 Å². The van der Waals surface area contributed by atoms with Crippen molar-refractivity contribution in [3.63, 3.8) is 0 Å². The van der Waals surface area contributed by atoms with Gasteiger partial charge in [0.25, 0.3) is 0 Å². The number of nitrogens with zero attached hydrogens (tertiary/aromatic N) is 2. The highest BCUT2D eigenvalue weighted by Gasteiger charge is 2.07. The molecule has 2 N–H and O–H groups in total. The molecule has 0 saturated heterocycles. The van der Waals surface area contributed by atoms with Crippen molar-refractivity contribution < 1.29 is 4.39 Å². The van der Waals surface area contributed by atoms with E-state index in [0.29, 0.717) is 13.1 Å². The van der Waals surface area contributed by atoms with Gasteiger partial charge in [-0.25, -0.2) is 4.39 Å². The van der Waals surface area contributed by atoms with E-state index in [1.807, 2.05) is 12.3 Å². The van der Waals surface area contributed by atoms with E-state index in [4.69, 9.17) is 5.73 Å². The van der Waals surface area contributed by atoms with Crippen LogP contribution in [0.4, 0.5) is 4.39 Å². The average Bonchev–Trinajstić information content (AvgIpc) is 2.84.